The summed E-state index contributed by atoms with van der Waals surface area (Å²) in [6.45, 7) is 6.39. The van der Waals surface area contributed by atoms with Crippen LogP contribution in [0.1, 0.15) is 29.9 Å². The van der Waals surface area contributed by atoms with Gasteiger partial charge in [-0.1, -0.05) is 13.8 Å². The van der Waals surface area contributed by atoms with Gasteiger partial charge in [-0.15, -0.1) is 0 Å². The molecule has 2 aromatic rings. The second kappa shape index (κ2) is 8.45. The normalized spacial score (nSPS) is 18.1. The van der Waals surface area contributed by atoms with Crippen molar-refractivity contribution in [3.63, 3.8) is 0 Å². The Balaban J connectivity index is 1.45. The van der Waals surface area contributed by atoms with Crippen LogP contribution in [-0.2, 0) is 4.79 Å². The molecule has 1 aromatic heterocycles. The van der Waals surface area contributed by atoms with E-state index in [1.807, 2.05) is 25.8 Å². The summed E-state index contributed by atoms with van der Waals surface area (Å²) >= 11 is 0. The number of fused-ring (bicyclic) bond motifs is 1. The summed E-state index contributed by atoms with van der Waals surface area (Å²) in [6.07, 6.45) is 0. The number of nitrogens with one attached hydrogen (secondary N) is 2. The third-order valence-electron chi connectivity index (χ3n) is 5.92. The fourth-order valence-corrected chi connectivity index (χ4v) is 4.26. The number of hydrogen-bond donors (Lipinski definition) is 2. The summed E-state index contributed by atoms with van der Waals surface area (Å²) in [5.41, 5.74) is 1.13. The van der Waals surface area contributed by atoms with Gasteiger partial charge in [0, 0.05) is 25.7 Å². The first-order valence-corrected chi connectivity index (χ1v) is 10.6. The summed E-state index contributed by atoms with van der Waals surface area (Å²) in [5, 5.41) is 6.10. The van der Waals surface area contributed by atoms with Crippen LogP contribution in [0.5, 0.6) is 5.75 Å². The first kappa shape index (κ1) is 22.7. The number of carbonyl (C=O) groups is 2. The van der Waals surface area contributed by atoms with Gasteiger partial charge in [-0.2, -0.15) is 4.98 Å². The number of benzene rings is 1. The molecule has 0 spiro atoms. The number of rotatable bonds is 5. The molecule has 1 atom stereocenters. The Morgan fingerprint density at radius 3 is 2.45 bits per heavy atom. The Hall–Kier alpha value is -3.50. The van der Waals surface area contributed by atoms with Crippen molar-refractivity contribution in [2.45, 2.75) is 32.9 Å². The van der Waals surface area contributed by atoms with E-state index in [2.05, 4.69) is 25.3 Å². The molecule has 0 saturated carbocycles. The fraction of sp³-hybridized carbons (Fsp3) is 0.455. The first-order valence-electron chi connectivity index (χ1n) is 10.6. The molecule has 2 aliphatic heterocycles. The lowest BCUT2D eigenvalue weighted by Gasteiger charge is -2.40. The fourth-order valence-electron chi connectivity index (χ4n) is 4.26. The number of hydrogen-bond acceptors (Lipinski definition) is 7. The molecule has 0 aliphatic carbocycles. The molecule has 4 rings (SSSR count). The minimum absolute atomic E-state index is 0.0813. The van der Waals surface area contributed by atoms with E-state index in [-0.39, 0.29) is 29.5 Å². The first-order chi connectivity index (χ1) is 15.6. The highest BCUT2D eigenvalue weighted by Gasteiger charge is 2.36. The number of ether oxygens (including phenoxy) is 1. The number of methoxy groups -OCH3 is 1. The molecular formula is C22H26F2N6O3. The van der Waals surface area contributed by atoms with Gasteiger partial charge < -0.3 is 25.2 Å². The standard InChI is InChI=1S/C22H26F2N6O3/c1-10(2)17-20(31)27-16-11(3)25-22(28-19(16)29(17)4)26-13-8-30(9-13)21(32)12-6-14(23)18(33-5)15(24)7-12/h6-7,10,13,17H,8-9H2,1-5H3,(H,27,31)(H,25,26,28)/t17-/m0/s1. The number of aryl methyl sites for hydroxylation is 1. The monoisotopic (exact) mass is 460 g/mol. The molecule has 0 radical (unpaired) electrons. The smallest absolute Gasteiger partial charge is 0.254 e. The Morgan fingerprint density at radius 1 is 1.24 bits per heavy atom. The second-order valence-corrected chi connectivity index (χ2v) is 8.64. The van der Waals surface area contributed by atoms with Gasteiger partial charge in [0.2, 0.25) is 11.9 Å². The van der Waals surface area contributed by atoms with E-state index in [9.17, 15) is 18.4 Å². The molecule has 1 saturated heterocycles. The largest absolute Gasteiger partial charge is 0.491 e. The van der Waals surface area contributed by atoms with Gasteiger partial charge in [-0.3, -0.25) is 9.59 Å². The van der Waals surface area contributed by atoms with Crippen LogP contribution in [-0.4, -0.2) is 66.0 Å². The number of aromatic nitrogens is 2. The third kappa shape index (κ3) is 4.03. The Kier molecular flexibility index (Phi) is 5.81. The number of halogens is 2. The van der Waals surface area contributed by atoms with Crippen molar-refractivity contribution < 1.29 is 23.1 Å². The van der Waals surface area contributed by atoms with Crippen LogP contribution in [0.3, 0.4) is 0 Å². The Bertz CT molecular complexity index is 1100. The lowest BCUT2D eigenvalue weighted by atomic mass is 9.99. The number of amides is 2. The zero-order valence-corrected chi connectivity index (χ0v) is 19.1. The molecule has 11 heteroatoms. The van der Waals surface area contributed by atoms with E-state index in [1.165, 1.54) is 4.90 Å². The highest BCUT2D eigenvalue weighted by atomic mass is 19.1. The van der Waals surface area contributed by atoms with Crippen molar-refractivity contribution in [1.82, 2.24) is 14.9 Å². The summed E-state index contributed by atoms with van der Waals surface area (Å²) in [6, 6.07) is 1.47. The number of carbonyl (C=O) groups excluding carboxylic acids is 2. The van der Waals surface area contributed by atoms with Gasteiger partial charge in [-0.05, 0) is 25.0 Å². The van der Waals surface area contributed by atoms with E-state index in [0.717, 1.165) is 19.2 Å². The van der Waals surface area contributed by atoms with Crippen LogP contribution in [0.4, 0.5) is 26.2 Å². The number of anilines is 3. The van der Waals surface area contributed by atoms with Gasteiger partial charge in [-0.25, -0.2) is 13.8 Å². The van der Waals surface area contributed by atoms with Crippen molar-refractivity contribution in [3.8, 4) is 5.75 Å². The Labute approximate surface area is 190 Å². The molecule has 0 bridgehead atoms. The lowest BCUT2D eigenvalue weighted by molar-refractivity contribution is -0.118. The topological polar surface area (TPSA) is 99.7 Å². The van der Waals surface area contributed by atoms with Gasteiger partial charge in [0.1, 0.15) is 11.7 Å². The average molecular weight is 460 g/mol. The van der Waals surface area contributed by atoms with E-state index in [0.29, 0.717) is 36.2 Å². The predicted molar refractivity (Wildman–Crippen MR) is 119 cm³/mol. The number of nitrogens with zero attached hydrogens (tertiary/aromatic N) is 4. The number of likely N-dealkylation sites (tertiary alicyclic amines) is 1. The molecule has 3 heterocycles. The molecule has 1 fully saturated rings. The van der Waals surface area contributed by atoms with Crippen LogP contribution in [0.25, 0.3) is 0 Å². The minimum atomic E-state index is -0.926. The van der Waals surface area contributed by atoms with E-state index in [4.69, 9.17) is 0 Å². The maximum atomic E-state index is 13.9. The van der Waals surface area contributed by atoms with Crippen LogP contribution >= 0.6 is 0 Å². The predicted octanol–water partition coefficient (Wildman–Crippen LogP) is 2.42. The summed E-state index contributed by atoms with van der Waals surface area (Å²) < 4.78 is 32.5. The maximum Gasteiger partial charge on any atom is 0.254 e. The van der Waals surface area contributed by atoms with Crippen molar-refractivity contribution in [2.24, 2.45) is 5.92 Å². The second-order valence-electron chi connectivity index (χ2n) is 8.64. The summed E-state index contributed by atoms with van der Waals surface area (Å²) in [4.78, 5) is 37.4. The average Bonchev–Trinajstić information content (AvgIpc) is 2.70. The number of likely N-dealkylation sites (N-methyl/N-ethyl adjacent to an activating group) is 1. The van der Waals surface area contributed by atoms with Crippen molar-refractivity contribution in [3.05, 3.63) is 35.0 Å². The zero-order chi connectivity index (χ0) is 24.0. The van der Waals surface area contributed by atoms with Crippen LogP contribution < -0.4 is 20.3 Å². The van der Waals surface area contributed by atoms with Crippen molar-refractivity contribution >= 4 is 29.3 Å². The summed E-state index contributed by atoms with van der Waals surface area (Å²) in [5.74, 6) is -1.83. The molecule has 33 heavy (non-hydrogen) atoms. The molecule has 0 unspecified atom stereocenters. The molecule has 2 N–H and O–H groups in total. The quantitative estimate of drug-likeness (QED) is 0.707. The lowest BCUT2D eigenvalue weighted by Crippen LogP contribution is -2.57. The van der Waals surface area contributed by atoms with E-state index < -0.39 is 23.3 Å². The van der Waals surface area contributed by atoms with Gasteiger partial charge in [0.05, 0.1) is 18.8 Å². The Morgan fingerprint density at radius 2 is 1.88 bits per heavy atom. The van der Waals surface area contributed by atoms with Crippen LogP contribution in [0.15, 0.2) is 12.1 Å². The molecule has 1 aromatic carbocycles. The minimum Gasteiger partial charge on any atom is -0.491 e. The molecular weight excluding hydrogens is 434 g/mol. The van der Waals surface area contributed by atoms with Crippen LogP contribution in [0.2, 0.25) is 0 Å². The molecule has 176 valence electrons. The van der Waals surface area contributed by atoms with E-state index in [1.54, 1.807) is 6.92 Å². The molecule has 9 nitrogen and oxygen atoms in total. The SMILES string of the molecule is COc1c(F)cc(C(=O)N2CC(Nc3nc(C)c4c(n3)N(C)[C@@H](C(C)C)C(=O)N4)C2)cc1F. The van der Waals surface area contributed by atoms with Gasteiger partial charge in [0.25, 0.3) is 5.91 Å². The highest BCUT2D eigenvalue weighted by Crippen LogP contribution is 2.34. The van der Waals surface area contributed by atoms with E-state index >= 15 is 0 Å². The molecule has 2 amide bonds. The van der Waals surface area contributed by atoms with Crippen molar-refractivity contribution in [2.75, 3.05) is 42.8 Å². The van der Waals surface area contributed by atoms with Gasteiger partial charge >= 0.3 is 0 Å². The summed E-state index contributed by atoms with van der Waals surface area (Å²) in [7, 11) is 2.99. The third-order valence-corrected chi connectivity index (χ3v) is 5.92. The van der Waals surface area contributed by atoms with Gasteiger partial charge in [0.15, 0.2) is 23.2 Å². The highest BCUT2D eigenvalue weighted by molar-refractivity contribution is 6.03. The molecule has 2 aliphatic rings. The van der Waals surface area contributed by atoms with Crippen LogP contribution in [0, 0.1) is 24.5 Å². The van der Waals surface area contributed by atoms with Crippen molar-refractivity contribution in [1.29, 1.82) is 0 Å². The zero-order valence-electron chi connectivity index (χ0n) is 19.1. The maximum absolute atomic E-state index is 13.9.